The minimum atomic E-state index is -0.388. The van der Waals surface area contributed by atoms with Crippen LogP contribution in [0, 0.1) is 0 Å². The summed E-state index contributed by atoms with van der Waals surface area (Å²) in [6, 6.07) is 21.3. The first-order valence-corrected chi connectivity index (χ1v) is 8.71. The van der Waals surface area contributed by atoms with Crippen LogP contribution < -0.4 is 4.74 Å². The fourth-order valence-corrected chi connectivity index (χ4v) is 3.75. The Bertz CT molecular complexity index is 919. The van der Waals surface area contributed by atoms with E-state index in [1.165, 1.54) is 0 Å². The van der Waals surface area contributed by atoms with Gasteiger partial charge in [-0.3, -0.25) is 0 Å². The summed E-state index contributed by atoms with van der Waals surface area (Å²) in [5, 5.41) is 0. The normalized spacial score (nSPS) is 12.4. The quantitative estimate of drug-likeness (QED) is 0.559. The Balaban J connectivity index is 1.69. The average Bonchev–Trinajstić information content (AvgIpc) is 2.96. The maximum Gasteiger partial charge on any atom is 0.339 e. The number of esters is 1. The molecule has 25 heavy (non-hydrogen) atoms. The first-order valence-electron chi connectivity index (χ1n) is 7.92. The zero-order chi connectivity index (χ0) is 17.4. The van der Waals surface area contributed by atoms with Gasteiger partial charge in [0.25, 0.3) is 0 Å². The number of hydrogen-bond donors (Lipinski definition) is 0. The molecular weight excluding hydrogens is 380 g/mol. The highest BCUT2D eigenvalue weighted by Crippen LogP contribution is 2.45. The average molecular weight is 395 g/mol. The molecule has 0 saturated carbocycles. The molecule has 0 atom stereocenters. The smallest absolute Gasteiger partial charge is 0.339 e. The van der Waals surface area contributed by atoms with Gasteiger partial charge in [-0.1, -0.05) is 48.5 Å². The van der Waals surface area contributed by atoms with E-state index in [0.29, 0.717) is 11.3 Å². The monoisotopic (exact) mass is 394 g/mol. The highest BCUT2D eigenvalue weighted by Gasteiger charge is 2.31. The van der Waals surface area contributed by atoms with Gasteiger partial charge in [-0.15, -0.1) is 0 Å². The largest absolute Gasteiger partial charge is 0.496 e. The summed E-state index contributed by atoms with van der Waals surface area (Å²) in [6.07, 6.45) is -0.388. The van der Waals surface area contributed by atoms with E-state index in [1.54, 1.807) is 25.3 Å². The van der Waals surface area contributed by atoms with Crippen LogP contribution in [0.3, 0.4) is 0 Å². The van der Waals surface area contributed by atoms with Gasteiger partial charge in [0.1, 0.15) is 5.75 Å². The number of rotatable bonds is 3. The predicted octanol–water partition coefficient (Wildman–Crippen LogP) is 5.38. The highest BCUT2D eigenvalue weighted by atomic mass is 79.9. The summed E-state index contributed by atoms with van der Waals surface area (Å²) in [7, 11) is 1.59. The summed E-state index contributed by atoms with van der Waals surface area (Å²) >= 11 is 3.41. The number of methoxy groups -OCH3 is 1. The summed E-state index contributed by atoms with van der Waals surface area (Å²) in [5.74, 6) is 0.313. The van der Waals surface area contributed by atoms with Gasteiger partial charge in [0.15, 0.2) is 6.10 Å². The highest BCUT2D eigenvalue weighted by molar-refractivity contribution is 9.10. The van der Waals surface area contributed by atoms with Crippen molar-refractivity contribution < 1.29 is 14.3 Å². The topological polar surface area (TPSA) is 35.5 Å². The molecule has 1 aliphatic carbocycles. The summed E-state index contributed by atoms with van der Waals surface area (Å²) in [4.78, 5) is 12.7. The van der Waals surface area contributed by atoms with E-state index in [4.69, 9.17) is 9.47 Å². The fourth-order valence-electron chi connectivity index (χ4n) is 3.20. The molecule has 0 N–H and O–H groups in total. The van der Waals surface area contributed by atoms with Crippen LogP contribution in [-0.2, 0) is 4.74 Å². The van der Waals surface area contributed by atoms with Crippen molar-refractivity contribution in [1.82, 2.24) is 0 Å². The lowest BCUT2D eigenvalue weighted by molar-refractivity contribution is 0.0385. The van der Waals surface area contributed by atoms with Gasteiger partial charge in [-0.05, 0) is 45.3 Å². The van der Waals surface area contributed by atoms with E-state index in [2.05, 4.69) is 28.1 Å². The predicted molar refractivity (Wildman–Crippen MR) is 99.8 cm³/mol. The molecule has 0 spiro atoms. The molecular formula is C21H15BrO3. The molecule has 0 amide bonds. The van der Waals surface area contributed by atoms with Gasteiger partial charge in [0, 0.05) is 11.1 Å². The van der Waals surface area contributed by atoms with Gasteiger partial charge in [0.2, 0.25) is 0 Å². The molecule has 1 aliphatic rings. The van der Waals surface area contributed by atoms with Crippen LogP contribution in [0.1, 0.15) is 27.6 Å². The molecule has 0 heterocycles. The molecule has 3 nitrogen and oxygen atoms in total. The van der Waals surface area contributed by atoms with E-state index in [9.17, 15) is 4.79 Å². The number of carbonyl (C=O) groups is 1. The van der Waals surface area contributed by atoms with Crippen molar-refractivity contribution in [3.05, 3.63) is 87.9 Å². The number of benzene rings is 3. The number of hydrogen-bond acceptors (Lipinski definition) is 3. The second kappa shape index (κ2) is 6.37. The third-order valence-corrected chi connectivity index (χ3v) is 5.01. The molecule has 0 fully saturated rings. The van der Waals surface area contributed by atoms with Gasteiger partial charge in [-0.2, -0.15) is 0 Å². The Labute approximate surface area is 154 Å². The maximum absolute atomic E-state index is 12.7. The molecule has 0 aromatic heterocycles. The van der Waals surface area contributed by atoms with Crippen LogP contribution in [0.25, 0.3) is 11.1 Å². The maximum atomic E-state index is 12.7. The lowest BCUT2D eigenvalue weighted by Gasteiger charge is -2.15. The van der Waals surface area contributed by atoms with Crippen molar-refractivity contribution in [3.63, 3.8) is 0 Å². The van der Waals surface area contributed by atoms with E-state index < -0.39 is 0 Å². The standard InChI is InChI=1S/C21H15BrO3/c1-24-19-11-10-13(12-18(19)22)21(23)25-20-16-8-4-2-6-14(16)15-7-3-5-9-17(15)20/h2-12,20H,1H3. The number of fused-ring (bicyclic) bond motifs is 3. The van der Waals surface area contributed by atoms with E-state index in [-0.39, 0.29) is 12.1 Å². The SMILES string of the molecule is COc1ccc(C(=O)OC2c3ccccc3-c3ccccc32)cc1Br. The molecule has 0 bridgehead atoms. The Kier molecular flexibility index (Phi) is 4.06. The molecule has 3 aromatic carbocycles. The molecule has 124 valence electrons. The number of halogens is 1. The molecule has 0 radical (unpaired) electrons. The molecule has 0 saturated heterocycles. The Morgan fingerprint density at radius 3 is 2.08 bits per heavy atom. The fraction of sp³-hybridized carbons (Fsp3) is 0.0952. The van der Waals surface area contributed by atoms with E-state index >= 15 is 0 Å². The van der Waals surface area contributed by atoms with Crippen LogP contribution in [0.4, 0.5) is 0 Å². The Morgan fingerprint density at radius 1 is 0.920 bits per heavy atom. The third-order valence-electron chi connectivity index (χ3n) is 4.39. The van der Waals surface area contributed by atoms with Crippen molar-refractivity contribution in [2.24, 2.45) is 0 Å². The van der Waals surface area contributed by atoms with E-state index in [0.717, 1.165) is 26.7 Å². The van der Waals surface area contributed by atoms with Gasteiger partial charge in [-0.25, -0.2) is 4.79 Å². The Morgan fingerprint density at radius 2 is 1.52 bits per heavy atom. The first-order chi connectivity index (χ1) is 12.2. The van der Waals surface area contributed by atoms with Crippen LogP contribution in [0.2, 0.25) is 0 Å². The van der Waals surface area contributed by atoms with Crippen LogP contribution >= 0.6 is 15.9 Å². The number of ether oxygens (including phenoxy) is 2. The van der Waals surface area contributed by atoms with Gasteiger partial charge >= 0.3 is 5.97 Å². The summed E-state index contributed by atoms with van der Waals surface area (Å²) < 4.78 is 11.8. The number of carbonyl (C=O) groups excluding carboxylic acids is 1. The van der Waals surface area contributed by atoms with E-state index in [1.807, 2.05) is 36.4 Å². The molecule has 0 unspecified atom stereocenters. The lowest BCUT2D eigenvalue weighted by Crippen LogP contribution is -2.11. The van der Waals surface area contributed by atoms with Crippen LogP contribution in [-0.4, -0.2) is 13.1 Å². The van der Waals surface area contributed by atoms with Crippen LogP contribution in [0.15, 0.2) is 71.2 Å². The second-order valence-corrected chi connectivity index (χ2v) is 6.66. The zero-order valence-electron chi connectivity index (χ0n) is 13.5. The minimum Gasteiger partial charge on any atom is -0.496 e. The summed E-state index contributed by atoms with van der Waals surface area (Å²) in [5.41, 5.74) is 4.75. The zero-order valence-corrected chi connectivity index (χ0v) is 15.1. The van der Waals surface area contributed by atoms with Crippen molar-refractivity contribution >= 4 is 21.9 Å². The molecule has 4 rings (SSSR count). The Hall–Kier alpha value is -2.59. The first kappa shape index (κ1) is 15.9. The van der Waals surface area contributed by atoms with Crippen molar-refractivity contribution in [2.45, 2.75) is 6.10 Å². The summed E-state index contributed by atoms with van der Waals surface area (Å²) in [6.45, 7) is 0. The molecule has 4 heteroatoms. The van der Waals surface area contributed by atoms with Crippen LogP contribution in [0.5, 0.6) is 5.75 Å². The van der Waals surface area contributed by atoms with Gasteiger partial charge < -0.3 is 9.47 Å². The third kappa shape index (κ3) is 2.72. The molecule has 3 aromatic rings. The second-order valence-electron chi connectivity index (χ2n) is 5.81. The molecule has 0 aliphatic heterocycles. The van der Waals surface area contributed by atoms with Crippen molar-refractivity contribution in [3.8, 4) is 16.9 Å². The van der Waals surface area contributed by atoms with Crippen molar-refractivity contribution in [2.75, 3.05) is 7.11 Å². The minimum absolute atomic E-state index is 0.361. The van der Waals surface area contributed by atoms with Crippen molar-refractivity contribution in [1.29, 1.82) is 0 Å². The lowest BCUT2D eigenvalue weighted by atomic mass is 10.1. The van der Waals surface area contributed by atoms with Gasteiger partial charge in [0.05, 0.1) is 17.1 Å².